The Morgan fingerprint density at radius 1 is 0.926 bits per heavy atom. The highest BCUT2D eigenvalue weighted by molar-refractivity contribution is 5.97. The molecule has 2 amide bonds. The van der Waals surface area contributed by atoms with Crippen LogP contribution in [0.2, 0.25) is 0 Å². The molecule has 0 aliphatic heterocycles. The smallest absolute Gasteiger partial charge is 0.338 e. The van der Waals surface area contributed by atoms with Crippen LogP contribution in [0.3, 0.4) is 0 Å². The third-order valence-electron chi connectivity index (χ3n) is 3.49. The van der Waals surface area contributed by atoms with Crippen molar-refractivity contribution in [3.63, 3.8) is 0 Å². The number of nitrogens with one attached hydrogen (secondary N) is 2. The third kappa shape index (κ3) is 5.60. The van der Waals surface area contributed by atoms with Crippen LogP contribution >= 0.6 is 0 Å². The van der Waals surface area contributed by atoms with E-state index in [2.05, 4.69) is 10.6 Å². The summed E-state index contributed by atoms with van der Waals surface area (Å²) in [6, 6.07) is 7.03. The van der Waals surface area contributed by atoms with Crippen LogP contribution in [-0.2, 0) is 14.3 Å². The molecule has 0 spiro atoms. The first kappa shape index (κ1) is 20.0. The Morgan fingerprint density at radius 2 is 1.48 bits per heavy atom. The summed E-state index contributed by atoms with van der Waals surface area (Å²) in [6.07, 6.45) is -1.05. The van der Waals surface area contributed by atoms with Crippen molar-refractivity contribution in [3.8, 4) is 0 Å². The summed E-state index contributed by atoms with van der Waals surface area (Å²) in [5, 5.41) is 5.02. The molecule has 1 atom stereocenters. The number of rotatable bonds is 5. The minimum Gasteiger partial charge on any atom is -0.454 e. The molecule has 142 valence electrons. The van der Waals surface area contributed by atoms with Crippen molar-refractivity contribution in [2.75, 3.05) is 10.6 Å². The minimum absolute atomic E-state index is 0.0219. The van der Waals surface area contributed by atoms with E-state index in [1.54, 1.807) is 0 Å². The standard InChI is InChI=1S/C19H18F2N2O4/c1-10(17-8-14(20)4-5-18(17)21)27-19(26)13-6-15(22-11(2)24)9-16(7-13)23-12(3)25/h4-10H,1-3H3,(H,22,24)(H,23,25). The Balaban J connectivity index is 2.29. The van der Waals surface area contributed by atoms with Crippen LogP contribution in [0.4, 0.5) is 20.2 Å². The molecule has 0 aromatic heterocycles. The van der Waals surface area contributed by atoms with Gasteiger partial charge in [0.2, 0.25) is 11.8 Å². The van der Waals surface area contributed by atoms with Gasteiger partial charge in [0.05, 0.1) is 5.56 Å². The number of hydrogen-bond donors (Lipinski definition) is 2. The molecule has 0 aliphatic rings. The molecule has 2 N–H and O–H groups in total. The maximum Gasteiger partial charge on any atom is 0.338 e. The Morgan fingerprint density at radius 3 is 2.00 bits per heavy atom. The lowest BCUT2D eigenvalue weighted by Gasteiger charge is -2.16. The monoisotopic (exact) mass is 376 g/mol. The highest BCUT2D eigenvalue weighted by atomic mass is 19.1. The van der Waals surface area contributed by atoms with E-state index in [0.717, 1.165) is 18.2 Å². The molecule has 0 bridgehead atoms. The summed E-state index contributed by atoms with van der Waals surface area (Å²) in [4.78, 5) is 35.0. The van der Waals surface area contributed by atoms with E-state index in [1.807, 2.05) is 0 Å². The highest BCUT2D eigenvalue weighted by Gasteiger charge is 2.19. The van der Waals surface area contributed by atoms with E-state index >= 15 is 0 Å². The molecule has 27 heavy (non-hydrogen) atoms. The number of benzene rings is 2. The van der Waals surface area contributed by atoms with E-state index in [9.17, 15) is 23.2 Å². The summed E-state index contributed by atoms with van der Waals surface area (Å²) in [5.74, 6) is -2.93. The molecule has 2 aromatic rings. The van der Waals surface area contributed by atoms with Crippen LogP contribution < -0.4 is 10.6 Å². The fraction of sp³-hybridized carbons (Fsp3) is 0.211. The molecule has 2 aromatic carbocycles. The Labute approximate surface area is 154 Å². The summed E-state index contributed by atoms with van der Waals surface area (Å²) in [6.45, 7) is 3.98. The first-order valence-corrected chi connectivity index (χ1v) is 8.02. The maximum absolute atomic E-state index is 13.8. The van der Waals surface area contributed by atoms with Gasteiger partial charge in [-0.3, -0.25) is 9.59 Å². The second-order valence-electron chi connectivity index (χ2n) is 5.87. The first-order chi connectivity index (χ1) is 12.7. The minimum atomic E-state index is -1.05. The summed E-state index contributed by atoms with van der Waals surface area (Å²) < 4.78 is 32.4. The number of carbonyl (C=O) groups is 3. The molecule has 0 saturated carbocycles. The van der Waals surface area contributed by atoms with Crippen LogP contribution in [0, 0.1) is 11.6 Å². The largest absolute Gasteiger partial charge is 0.454 e. The van der Waals surface area contributed by atoms with Gasteiger partial charge in [0.1, 0.15) is 17.7 Å². The number of halogens is 2. The molecule has 0 aliphatic carbocycles. The van der Waals surface area contributed by atoms with Gasteiger partial charge in [0.25, 0.3) is 0 Å². The van der Waals surface area contributed by atoms with Crippen LogP contribution in [0.5, 0.6) is 0 Å². The quantitative estimate of drug-likeness (QED) is 0.778. The lowest BCUT2D eigenvalue weighted by Crippen LogP contribution is -2.14. The maximum atomic E-state index is 13.8. The van der Waals surface area contributed by atoms with E-state index < -0.39 is 23.7 Å². The molecule has 0 radical (unpaired) electrons. The van der Waals surface area contributed by atoms with Crippen molar-refractivity contribution in [1.29, 1.82) is 0 Å². The SMILES string of the molecule is CC(=O)Nc1cc(NC(C)=O)cc(C(=O)OC(C)c2cc(F)ccc2F)c1. The van der Waals surface area contributed by atoms with Gasteiger partial charge < -0.3 is 15.4 Å². The Bertz CT molecular complexity index is 865. The van der Waals surface area contributed by atoms with Gasteiger partial charge in [-0.15, -0.1) is 0 Å². The number of ether oxygens (including phenoxy) is 1. The molecule has 6 nitrogen and oxygen atoms in total. The lowest BCUT2D eigenvalue weighted by atomic mass is 10.1. The van der Waals surface area contributed by atoms with Crippen molar-refractivity contribution in [1.82, 2.24) is 0 Å². The fourth-order valence-corrected chi connectivity index (χ4v) is 2.41. The number of esters is 1. The molecule has 0 fully saturated rings. The average Bonchev–Trinajstić information content (AvgIpc) is 2.55. The van der Waals surface area contributed by atoms with Gasteiger partial charge in [-0.2, -0.15) is 0 Å². The van der Waals surface area contributed by atoms with Gasteiger partial charge in [0.15, 0.2) is 0 Å². The van der Waals surface area contributed by atoms with Crippen molar-refractivity contribution in [2.24, 2.45) is 0 Å². The number of hydrogen-bond acceptors (Lipinski definition) is 4. The van der Waals surface area contributed by atoms with Crippen LogP contribution in [0.25, 0.3) is 0 Å². The van der Waals surface area contributed by atoms with Gasteiger partial charge >= 0.3 is 5.97 Å². The van der Waals surface area contributed by atoms with Crippen LogP contribution in [0.15, 0.2) is 36.4 Å². The second-order valence-corrected chi connectivity index (χ2v) is 5.87. The number of amides is 2. The highest BCUT2D eigenvalue weighted by Crippen LogP contribution is 2.25. The van der Waals surface area contributed by atoms with E-state index in [-0.39, 0.29) is 34.3 Å². The van der Waals surface area contributed by atoms with Crippen molar-refractivity contribution in [3.05, 3.63) is 59.2 Å². The molecule has 0 heterocycles. The lowest BCUT2D eigenvalue weighted by molar-refractivity contribution is -0.115. The molecule has 0 saturated heterocycles. The van der Waals surface area contributed by atoms with Crippen molar-refractivity contribution >= 4 is 29.2 Å². The topological polar surface area (TPSA) is 84.5 Å². The number of anilines is 2. The van der Waals surface area contributed by atoms with E-state index in [1.165, 1.54) is 39.0 Å². The first-order valence-electron chi connectivity index (χ1n) is 8.02. The van der Waals surface area contributed by atoms with Gasteiger partial charge in [-0.25, -0.2) is 13.6 Å². The average molecular weight is 376 g/mol. The summed E-state index contributed by atoms with van der Waals surface area (Å²) in [7, 11) is 0. The number of carbonyl (C=O) groups excluding carboxylic acids is 3. The normalized spacial score (nSPS) is 11.4. The second kappa shape index (κ2) is 8.39. The molecule has 8 heteroatoms. The zero-order valence-corrected chi connectivity index (χ0v) is 14.9. The molecular weight excluding hydrogens is 358 g/mol. The summed E-state index contributed by atoms with van der Waals surface area (Å²) >= 11 is 0. The third-order valence-corrected chi connectivity index (χ3v) is 3.49. The fourth-order valence-electron chi connectivity index (χ4n) is 2.41. The van der Waals surface area contributed by atoms with E-state index in [4.69, 9.17) is 4.74 Å². The molecular formula is C19H18F2N2O4. The van der Waals surface area contributed by atoms with E-state index in [0.29, 0.717) is 0 Å². The van der Waals surface area contributed by atoms with Crippen LogP contribution in [0.1, 0.15) is 42.8 Å². The zero-order valence-electron chi connectivity index (χ0n) is 14.9. The van der Waals surface area contributed by atoms with Crippen molar-refractivity contribution < 1.29 is 27.9 Å². The Hall–Kier alpha value is -3.29. The molecule has 1 unspecified atom stereocenters. The van der Waals surface area contributed by atoms with Gasteiger partial charge in [-0.05, 0) is 43.3 Å². The zero-order chi connectivity index (χ0) is 20.1. The Kier molecular flexibility index (Phi) is 6.23. The summed E-state index contributed by atoms with van der Waals surface area (Å²) in [5.41, 5.74) is 0.452. The molecule has 2 rings (SSSR count). The predicted molar refractivity (Wildman–Crippen MR) is 95.2 cm³/mol. The van der Waals surface area contributed by atoms with Crippen LogP contribution in [-0.4, -0.2) is 17.8 Å². The van der Waals surface area contributed by atoms with Gasteiger partial charge in [0, 0.05) is 30.8 Å². The predicted octanol–water partition coefficient (Wildman–Crippen LogP) is 3.80. The van der Waals surface area contributed by atoms with Gasteiger partial charge in [-0.1, -0.05) is 0 Å². The van der Waals surface area contributed by atoms with Crippen molar-refractivity contribution in [2.45, 2.75) is 26.9 Å².